The van der Waals surface area contributed by atoms with Gasteiger partial charge in [-0.3, -0.25) is 19.8 Å². The van der Waals surface area contributed by atoms with E-state index < -0.39 is 11.0 Å². The Bertz CT molecular complexity index is 1030. The lowest BCUT2D eigenvalue weighted by Gasteiger charge is -2.31. The lowest BCUT2D eigenvalue weighted by atomic mass is 9.95. The quantitative estimate of drug-likeness (QED) is 0.639. The van der Waals surface area contributed by atoms with Crippen molar-refractivity contribution in [2.75, 3.05) is 13.6 Å². The lowest BCUT2D eigenvalue weighted by Crippen LogP contribution is -2.45. The second-order valence-corrected chi connectivity index (χ2v) is 7.17. The van der Waals surface area contributed by atoms with Crippen LogP contribution in [0.4, 0.5) is 10.5 Å². The number of amides is 3. The molecule has 0 saturated carbocycles. The Kier molecular flexibility index (Phi) is 4.54. The maximum atomic E-state index is 13.4. The van der Waals surface area contributed by atoms with Crippen LogP contribution in [0.2, 0.25) is 0 Å². The third-order valence-electron chi connectivity index (χ3n) is 5.55. The molecule has 0 spiro atoms. The zero-order chi connectivity index (χ0) is 20.7. The number of hydrogen-bond donors (Lipinski definition) is 1. The summed E-state index contributed by atoms with van der Waals surface area (Å²) in [4.78, 5) is 39.7. The summed E-state index contributed by atoms with van der Waals surface area (Å²) >= 11 is 0. The third-order valence-corrected chi connectivity index (χ3v) is 5.55. The zero-order valence-corrected chi connectivity index (χ0v) is 16.0. The van der Waals surface area contributed by atoms with Crippen molar-refractivity contribution in [1.29, 1.82) is 0 Å². The molecule has 0 fully saturated rings. The molecule has 0 aliphatic carbocycles. The maximum Gasteiger partial charge on any atom is 0.322 e. The Balaban J connectivity index is 1.73. The number of likely N-dealkylation sites (N-methyl/N-ethyl adjacent to an activating group) is 1. The van der Waals surface area contributed by atoms with Gasteiger partial charge in [0.05, 0.1) is 34.8 Å². The number of nitrogens with one attached hydrogen (secondary N) is 1. The third kappa shape index (κ3) is 3.12. The van der Waals surface area contributed by atoms with Gasteiger partial charge in [-0.1, -0.05) is 42.5 Å². The Morgan fingerprint density at radius 1 is 1.14 bits per heavy atom. The molecule has 2 aromatic carbocycles. The number of nitro groups is 1. The summed E-state index contributed by atoms with van der Waals surface area (Å²) in [6.45, 7) is 2.25. The van der Waals surface area contributed by atoms with Crippen LogP contribution in [0, 0.1) is 10.1 Å². The van der Waals surface area contributed by atoms with Gasteiger partial charge in [0.25, 0.3) is 11.6 Å². The minimum atomic E-state index is -0.728. The zero-order valence-electron chi connectivity index (χ0n) is 16.0. The molecule has 0 bridgehead atoms. The van der Waals surface area contributed by atoms with Crippen LogP contribution < -0.4 is 5.32 Å². The van der Waals surface area contributed by atoms with Crippen LogP contribution in [0.5, 0.6) is 0 Å². The van der Waals surface area contributed by atoms with Crippen molar-refractivity contribution in [1.82, 2.24) is 15.1 Å². The summed E-state index contributed by atoms with van der Waals surface area (Å²) in [6.07, 6.45) is 0. The SMILES string of the molecule is C[C@@H](c1ccccc1)N1CC2=C(C1=O)[C@@H](c1cccc([N+](=O)[O-])c1)NC(=O)N2C. The first-order chi connectivity index (χ1) is 13.9. The van der Waals surface area contributed by atoms with Crippen LogP contribution in [0.3, 0.4) is 0 Å². The highest BCUT2D eigenvalue weighted by molar-refractivity contribution is 6.01. The average Bonchev–Trinajstić information content (AvgIpc) is 3.08. The van der Waals surface area contributed by atoms with E-state index >= 15 is 0 Å². The van der Waals surface area contributed by atoms with Gasteiger partial charge in [0, 0.05) is 19.2 Å². The molecule has 0 radical (unpaired) electrons. The summed E-state index contributed by atoms with van der Waals surface area (Å²) in [6, 6.07) is 14.5. The molecule has 0 aromatic heterocycles. The normalized spacial score (nSPS) is 19.9. The number of hydrogen-bond acceptors (Lipinski definition) is 4. The second-order valence-electron chi connectivity index (χ2n) is 7.17. The Hall–Kier alpha value is -3.68. The van der Waals surface area contributed by atoms with Crippen LogP contribution in [-0.4, -0.2) is 40.3 Å². The first-order valence-electron chi connectivity index (χ1n) is 9.26. The molecule has 4 rings (SSSR count). The molecule has 0 unspecified atom stereocenters. The number of nitrogens with zero attached hydrogens (tertiary/aromatic N) is 3. The first-order valence-corrected chi connectivity index (χ1v) is 9.26. The monoisotopic (exact) mass is 392 g/mol. The molecule has 0 saturated heterocycles. The number of rotatable bonds is 4. The van der Waals surface area contributed by atoms with Gasteiger partial charge in [0.2, 0.25) is 0 Å². The molecule has 2 heterocycles. The predicted molar refractivity (Wildman–Crippen MR) is 106 cm³/mol. The van der Waals surface area contributed by atoms with Crippen molar-refractivity contribution in [3.05, 3.63) is 87.1 Å². The van der Waals surface area contributed by atoms with E-state index in [-0.39, 0.29) is 23.7 Å². The van der Waals surface area contributed by atoms with E-state index in [1.807, 2.05) is 37.3 Å². The Labute approximate surface area is 167 Å². The van der Waals surface area contributed by atoms with Crippen molar-refractivity contribution in [3.8, 4) is 0 Å². The van der Waals surface area contributed by atoms with Crippen LogP contribution in [-0.2, 0) is 4.79 Å². The fourth-order valence-electron chi connectivity index (χ4n) is 3.88. The molecule has 2 aliphatic rings. The summed E-state index contributed by atoms with van der Waals surface area (Å²) < 4.78 is 0. The van der Waals surface area contributed by atoms with Crippen LogP contribution in [0.25, 0.3) is 0 Å². The largest absolute Gasteiger partial charge is 0.327 e. The maximum absolute atomic E-state index is 13.4. The van der Waals surface area contributed by atoms with Crippen LogP contribution in [0.15, 0.2) is 65.9 Å². The fraction of sp³-hybridized carbons (Fsp3) is 0.238. The van der Waals surface area contributed by atoms with E-state index in [9.17, 15) is 19.7 Å². The molecule has 8 nitrogen and oxygen atoms in total. The van der Waals surface area contributed by atoms with Gasteiger partial charge < -0.3 is 10.2 Å². The van der Waals surface area contributed by atoms with Gasteiger partial charge in [-0.05, 0) is 18.1 Å². The van der Waals surface area contributed by atoms with Crippen molar-refractivity contribution in [2.24, 2.45) is 0 Å². The first kappa shape index (κ1) is 18.7. The summed E-state index contributed by atoms with van der Waals surface area (Å²) in [5.41, 5.74) is 2.50. The number of carbonyl (C=O) groups excluding carboxylic acids is 2. The molecule has 2 atom stereocenters. The summed E-state index contributed by atoms with van der Waals surface area (Å²) in [7, 11) is 1.62. The van der Waals surface area contributed by atoms with Gasteiger partial charge in [-0.2, -0.15) is 0 Å². The molecular weight excluding hydrogens is 372 g/mol. The van der Waals surface area contributed by atoms with Gasteiger partial charge in [0.15, 0.2) is 0 Å². The van der Waals surface area contributed by atoms with Crippen molar-refractivity contribution >= 4 is 17.6 Å². The van der Waals surface area contributed by atoms with E-state index in [4.69, 9.17) is 0 Å². The molecular formula is C21H20N4O4. The van der Waals surface area contributed by atoms with Crippen LogP contribution >= 0.6 is 0 Å². The molecule has 8 heteroatoms. The van der Waals surface area contributed by atoms with E-state index in [1.54, 1.807) is 24.1 Å². The topological polar surface area (TPSA) is 95.8 Å². The molecule has 1 N–H and O–H groups in total. The number of benzene rings is 2. The Morgan fingerprint density at radius 3 is 2.55 bits per heavy atom. The minimum absolute atomic E-state index is 0.0854. The molecule has 2 aliphatic heterocycles. The fourth-order valence-corrected chi connectivity index (χ4v) is 3.88. The van der Waals surface area contributed by atoms with E-state index in [0.717, 1.165) is 5.56 Å². The van der Waals surface area contributed by atoms with Crippen molar-refractivity contribution in [3.63, 3.8) is 0 Å². The number of nitro benzene ring substituents is 1. The number of urea groups is 1. The highest BCUT2D eigenvalue weighted by atomic mass is 16.6. The number of non-ortho nitro benzene ring substituents is 1. The molecule has 2 aromatic rings. The summed E-state index contributed by atoms with van der Waals surface area (Å²) in [5, 5.41) is 14.0. The highest BCUT2D eigenvalue weighted by Crippen LogP contribution is 2.39. The van der Waals surface area contributed by atoms with E-state index in [1.165, 1.54) is 17.0 Å². The summed E-state index contributed by atoms with van der Waals surface area (Å²) in [5.74, 6) is -0.181. The van der Waals surface area contributed by atoms with Crippen molar-refractivity contribution in [2.45, 2.75) is 19.0 Å². The van der Waals surface area contributed by atoms with Crippen LogP contribution in [0.1, 0.15) is 30.1 Å². The van der Waals surface area contributed by atoms with Crippen molar-refractivity contribution < 1.29 is 14.5 Å². The highest BCUT2D eigenvalue weighted by Gasteiger charge is 2.44. The van der Waals surface area contributed by atoms with Gasteiger partial charge in [0.1, 0.15) is 0 Å². The van der Waals surface area contributed by atoms with E-state index in [0.29, 0.717) is 23.4 Å². The minimum Gasteiger partial charge on any atom is -0.327 e. The predicted octanol–water partition coefficient (Wildman–Crippen LogP) is 3.15. The number of carbonyl (C=O) groups is 2. The molecule has 148 valence electrons. The standard InChI is InChI=1S/C21H20N4O4/c1-13(14-7-4-3-5-8-14)24-12-17-18(20(24)26)19(22-21(27)23(17)2)15-9-6-10-16(11-15)25(28)29/h3-11,13,19H,12H2,1-2H3,(H,22,27)/t13-,19+/m0/s1. The smallest absolute Gasteiger partial charge is 0.322 e. The Morgan fingerprint density at radius 2 is 1.86 bits per heavy atom. The lowest BCUT2D eigenvalue weighted by molar-refractivity contribution is -0.384. The van der Waals surface area contributed by atoms with Gasteiger partial charge in [-0.15, -0.1) is 0 Å². The average molecular weight is 392 g/mol. The van der Waals surface area contributed by atoms with Gasteiger partial charge >= 0.3 is 6.03 Å². The van der Waals surface area contributed by atoms with E-state index in [2.05, 4.69) is 5.32 Å². The van der Waals surface area contributed by atoms with Gasteiger partial charge in [-0.25, -0.2) is 4.79 Å². The molecule has 29 heavy (non-hydrogen) atoms. The second kappa shape index (κ2) is 7.05. The molecule has 3 amide bonds.